The maximum Gasteiger partial charge on any atom is 0.309 e. The van der Waals surface area contributed by atoms with Crippen LogP contribution in [0.15, 0.2) is 36.4 Å². The average Bonchev–Trinajstić information content (AvgIpc) is 2.98. The van der Waals surface area contributed by atoms with Gasteiger partial charge in [-0.1, -0.05) is 12.1 Å². The topological polar surface area (TPSA) is 44.8 Å². The Labute approximate surface area is 150 Å². The molecule has 6 heteroatoms. The summed E-state index contributed by atoms with van der Waals surface area (Å²) in [5, 5.41) is 0. The van der Waals surface area contributed by atoms with E-state index >= 15 is 0 Å². The number of ether oxygens (including phenoxy) is 3. The Bertz CT molecular complexity index is 806. The van der Waals surface area contributed by atoms with Crippen molar-refractivity contribution in [2.24, 2.45) is 11.8 Å². The second-order valence-corrected chi connectivity index (χ2v) is 6.34. The summed E-state index contributed by atoms with van der Waals surface area (Å²) >= 11 is 0. The molecular formula is C20H20F2O4. The fraction of sp³-hybridized carbons (Fsp3) is 0.350. The number of halogens is 2. The Balaban J connectivity index is 1.76. The molecule has 4 nitrogen and oxygen atoms in total. The summed E-state index contributed by atoms with van der Waals surface area (Å²) in [4.78, 5) is 12.1. The summed E-state index contributed by atoms with van der Waals surface area (Å²) in [5.74, 6) is -1.31. The third-order valence-electron chi connectivity index (χ3n) is 4.70. The predicted molar refractivity (Wildman–Crippen MR) is 91.3 cm³/mol. The molecule has 2 atom stereocenters. The zero-order valence-corrected chi connectivity index (χ0v) is 14.6. The van der Waals surface area contributed by atoms with Crippen molar-refractivity contribution in [3.63, 3.8) is 0 Å². The number of carbonyl (C=O) groups is 1. The summed E-state index contributed by atoms with van der Waals surface area (Å²) in [6, 6.07) is 9.31. The molecule has 2 aromatic carbocycles. The molecule has 3 rings (SSSR count). The van der Waals surface area contributed by atoms with Crippen LogP contribution in [0.2, 0.25) is 0 Å². The summed E-state index contributed by atoms with van der Waals surface area (Å²) in [7, 11) is 3.13. The predicted octanol–water partition coefficient (Wildman–Crippen LogP) is 3.56. The van der Waals surface area contributed by atoms with Crippen molar-refractivity contribution in [3.05, 3.63) is 59.2 Å². The lowest BCUT2D eigenvalue weighted by molar-refractivity contribution is -0.141. The molecule has 0 unspecified atom stereocenters. The largest absolute Gasteiger partial charge is 0.493 e. The SMILES string of the molecule is COc1ccc(C[C@H]2COC(=O)[C@@H]2Cc2ccc(F)c(F)c2)cc1OC. The Hall–Kier alpha value is -2.63. The van der Waals surface area contributed by atoms with Crippen molar-refractivity contribution < 1.29 is 27.8 Å². The van der Waals surface area contributed by atoms with Crippen LogP contribution in [0.4, 0.5) is 8.78 Å². The van der Waals surface area contributed by atoms with Crippen LogP contribution in [-0.2, 0) is 22.4 Å². The van der Waals surface area contributed by atoms with E-state index in [9.17, 15) is 13.6 Å². The van der Waals surface area contributed by atoms with Crippen LogP contribution in [0.5, 0.6) is 11.5 Å². The quantitative estimate of drug-likeness (QED) is 0.737. The first-order chi connectivity index (χ1) is 12.5. The minimum absolute atomic E-state index is 0.0475. The first-order valence-electron chi connectivity index (χ1n) is 8.33. The Kier molecular flexibility index (Phi) is 5.40. The lowest BCUT2D eigenvalue weighted by atomic mass is 9.85. The molecule has 138 valence electrons. The van der Waals surface area contributed by atoms with E-state index in [0.717, 1.165) is 17.7 Å². The zero-order valence-electron chi connectivity index (χ0n) is 14.6. The Morgan fingerprint density at radius 1 is 0.962 bits per heavy atom. The summed E-state index contributed by atoms with van der Waals surface area (Å²) in [6.07, 6.45) is 0.925. The van der Waals surface area contributed by atoms with Crippen molar-refractivity contribution in [1.82, 2.24) is 0 Å². The molecule has 2 aromatic rings. The maximum absolute atomic E-state index is 13.4. The molecule has 1 fully saturated rings. The molecule has 26 heavy (non-hydrogen) atoms. The standard InChI is InChI=1S/C20H20F2O4/c1-24-18-6-4-12(10-19(18)25-2)7-14-11-26-20(23)15(14)8-13-3-5-16(21)17(22)9-13/h3-6,9-10,14-15H,7-8,11H2,1-2H3/t14-,15+/m0/s1. The third kappa shape index (κ3) is 3.79. The number of benzene rings is 2. The van der Waals surface area contributed by atoms with Gasteiger partial charge in [-0.25, -0.2) is 8.78 Å². The smallest absolute Gasteiger partial charge is 0.309 e. The molecule has 0 amide bonds. The van der Waals surface area contributed by atoms with Crippen LogP contribution in [-0.4, -0.2) is 26.8 Å². The molecule has 0 saturated carbocycles. The molecule has 0 spiro atoms. The summed E-state index contributed by atoms with van der Waals surface area (Å²) < 4.78 is 42.3. The maximum atomic E-state index is 13.4. The number of esters is 1. The van der Waals surface area contributed by atoms with Gasteiger partial charge in [-0.2, -0.15) is 0 Å². The van der Waals surface area contributed by atoms with Gasteiger partial charge in [0.25, 0.3) is 0 Å². The molecule has 1 saturated heterocycles. The second kappa shape index (κ2) is 7.72. The van der Waals surface area contributed by atoms with Crippen LogP contribution in [0.1, 0.15) is 11.1 Å². The lowest BCUT2D eigenvalue weighted by Crippen LogP contribution is -2.20. The zero-order chi connectivity index (χ0) is 18.7. The molecule has 0 aliphatic carbocycles. The number of rotatable bonds is 6. The van der Waals surface area contributed by atoms with Crippen molar-refractivity contribution >= 4 is 5.97 Å². The van der Waals surface area contributed by atoms with Gasteiger partial charge in [0, 0.05) is 5.92 Å². The van der Waals surface area contributed by atoms with E-state index in [0.29, 0.717) is 36.5 Å². The lowest BCUT2D eigenvalue weighted by Gasteiger charge is -2.16. The Morgan fingerprint density at radius 3 is 2.35 bits per heavy atom. The van der Waals surface area contributed by atoms with E-state index < -0.39 is 17.6 Å². The summed E-state index contributed by atoms with van der Waals surface area (Å²) in [5.41, 5.74) is 1.56. The van der Waals surface area contributed by atoms with Gasteiger partial charge in [-0.15, -0.1) is 0 Å². The van der Waals surface area contributed by atoms with Gasteiger partial charge in [0.1, 0.15) is 0 Å². The van der Waals surface area contributed by atoms with Gasteiger partial charge in [0.05, 0.1) is 26.7 Å². The highest BCUT2D eigenvalue weighted by molar-refractivity contribution is 5.75. The van der Waals surface area contributed by atoms with Crippen LogP contribution < -0.4 is 9.47 Å². The van der Waals surface area contributed by atoms with Gasteiger partial charge in [0.15, 0.2) is 23.1 Å². The minimum atomic E-state index is -0.912. The molecule has 1 aliphatic rings. The van der Waals surface area contributed by atoms with Crippen LogP contribution in [0, 0.1) is 23.5 Å². The van der Waals surface area contributed by atoms with Crippen molar-refractivity contribution in [1.29, 1.82) is 0 Å². The van der Waals surface area contributed by atoms with E-state index in [1.165, 1.54) is 6.07 Å². The number of carbonyl (C=O) groups excluding carboxylic acids is 1. The van der Waals surface area contributed by atoms with Gasteiger partial charge in [-0.3, -0.25) is 4.79 Å². The highest BCUT2D eigenvalue weighted by Crippen LogP contribution is 2.33. The van der Waals surface area contributed by atoms with Gasteiger partial charge in [-0.05, 0) is 48.2 Å². The van der Waals surface area contributed by atoms with Gasteiger partial charge in [0.2, 0.25) is 0 Å². The van der Waals surface area contributed by atoms with Crippen LogP contribution >= 0.6 is 0 Å². The van der Waals surface area contributed by atoms with Crippen molar-refractivity contribution in [3.8, 4) is 11.5 Å². The van der Waals surface area contributed by atoms with Crippen molar-refractivity contribution in [2.75, 3.05) is 20.8 Å². The fourth-order valence-electron chi connectivity index (χ4n) is 3.29. The molecule has 0 N–H and O–H groups in total. The molecule has 0 radical (unpaired) electrons. The van der Waals surface area contributed by atoms with E-state index in [1.54, 1.807) is 14.2 Å². The van der Waals surface area contributed by atoms with E-state index in [1.807, 2.05) is 18.2 Å². The third-order valence-corrected chi connectivity index (χ3v) is 4.70. The summed E-state index contributed by atoms with van der Waals surface area (Å²) in [6.45, 7) is 0.307. The van der Waals surface area contributed by atoms with E-state index in [-0.39, 0.29) is 11.9 Å². The molecule has 0 aromatic heterocycles. The molecule has 1 heterocycles. The first-order valence-corrected chi connectivity index (χ1v) is 8.33. The normalized spacial score (nSPS) is 19.3. The number of hydrogen-bond donors (Lipinski definition) is 0. The highest BCUT2D eigenvalue weighted by Gasteiger charge is 2.37. The minimum Gasteiger partial charge on any atom is -0.493 e. The molecular weight excluding hydrogens is 342 g/mol. The van der Waals surface area contributed by atoms with Gasteiger partial charge < -0.3 is 14.2 Å². The second-order valence-electron chi connectivity index (χ2n) is 6.34. The first kappa shape index (κ1) is 18.2. The number of hydrogen-bond acceptors (Lipinski definition) is 4. The highest BCUT2D eigenvalue weighted by atomic mass is 19.2. The molecule has 1 aliphatic heterocycles. The number of methoxy groups -OCH3 is 2. The van der Waals surface area contributed by atoms with Crippen molar-refractivity contribution in [2.45, 2.75) is 12.8 Å². The fourth-order valence-corrected chi connectivity index (χ4v) is 3.29. The van der Waals surface area contributed by atoms with E-state index in [4.69, 9.17) is 14.2 Å². The average molecular weight is 362 g/mol. The monoisotopic (exact) mass is 362 g/mol. The number of cyclic esters (lactones) is 1. The van der Waals surface area contributed by atoms with Crippen LogP contribution in [0.3, 0.4) is 0 Å². The van der Waals surface area contributed by atoms with E-state index in [2.05, 4.69) is 0 Å². The van der Waals surface area contributed by atoms with Crippen LogP contribution in [0.25, 0.3) is 0 Å². The van der Waals surface area contributed by atoms with Gasteiger partial charge >= 0.3 is 5.97 Å². The Morgan fingerprint density at radius 2 is 1.65 bits per heavy atom. The molecule has 0 bridgehead atoms.